The van der Waals surface area contributed by atoms with Gasteiger partial charge in [0.05, 0.1) is 67.7 Å². The first kappa shape index (κ1) is 42.5. The van der Waals surface area contributed by atoms with Crippen LogP contribution in [-0.2, 0) is 0 Å². The number of hydrogen-bond acceptors (Lipinski definition) is 4. The lowest BCUT2D eigenvalue weighted by Gasteiger charge is -2.04. The summed E-state index contributed by atoms with van der Waals surface area (Å²) in [6.07, 6.45) is 16.7. The Kier molecular flexibility index (Phi) is 10.2. The molecule has 4 N–H and O–H groups in total. The molecular weight excluding hydrogens is 905 g/mol. The van der Waals surface area contributed by atoms with Crippen LogP contribution in [0.2, 0.25) is 0 Å². The lowest BCUT2D eigenvalue weighted by atomic mass is 10.0. The lowest BCUT2D eigenvalue weighted by molar-refractivity contribution is 1.30. The summed E-state index contributed by atoms with van der Waals surface area (Å²) in [7, 11) is 0. The quantitative estimate of drug-likeness (QED) is 0.132. The molecule has 10 aromatic rings. The van der Waals surface area contributed by atoms with E-state index in [1.165, 1.54) is 0 Å². The molecule has 346 valence electrons. The van der Waals surface area contributed by atoms with Crippen LogP contribution >= 0.6 is 0 Å². The number of benzene rings is 4. The monoisotopic (exact) mass is 946 g/mol. The Morgan fingerprint density at radius 1 is 0.257 bits per heavy atom. The van der Waals surface area contributed by atoms with E-state index in [0.29, 0.717) is 0 Å². The number of rotatable bonds is 4. The van der Waals surface area contributed by atoms with Crippen molar-refractivity contribution in [3.63, 3.8) is 0 Å². The smallest absolute Gasteiger partial charge is 0.0815 e. The van der Waals surface area contributed by atoms with Gasteiger partial charge >= 0.3 is 0 Å². The summed E-state index contributed by atoms with van der Waals surface area (Å²) in [6, 6.07) is 62.7. The SMILES string of the molecule is C(#Cc1c2nc(c(-c3ccccc3)c3ccc(cc4nc(c(-c5ccccc5)c5ccc1[nH]5)C=C4)[nH]3)C=C2)c1c2nc(c(-c3ccccc3)c3ccc(cc4nc(c(-c5ccccc5)c5ccc1[nH]5)C=C4)[nH]3)C=C2. The van der Waals surface area contributed by atoms with E-state index in [0.717, 1.165) is 145 Å². The number of fused-ring (bicyclic) bond motifs is 16. The van der Waals surface area contributed by atoms with E-state index < -0.39 is 0 Å². The molecule has 16 bridgehead atoms. The van der Waals surface area contributed by atoms with Gasteiger partial charge in [-0.3, -0.25) is 0 Å². The van der Waals surface area contributed by atoms with Crippen LogP contribution in [0, 0.1) is 11.8 Å². The zero-order valence-electron chi connectivity index (χ0n) is 39.7. The fourth-order valence-electron chi connectivity index (χ4n) is 10.3. The van der Waals surface area contributed by atoms with Gasteiger partial charge in [0.1, 0.15) is 0 Å². The van der Waals surface area contributed by atoms with Crippen LogP contribution in [0.4, 0.5) is 0 Å². The minimum absolute atomic E-state index is 0.723. The van der Waals surface area contributed by atoms with Crippen molar-refractivity contribution in [3.05, 3.63) is 239 Å². The highest BCUT2D eigenvalue weighted by molar-refractivity contribution is 5.97. The van der Waals surface area contributed by atoms with E-state index >= 15 is 0 Å². The van der Waals surface area contributed by atoms with E-state index in [2.05, 4.69) is 238 Å². The zero-order chi connectivity index (χ0) is 49.0. The van der Waals surface area contributed by atoms with Crippen LogP contribution in [0.5, 0.6) is 0 Å². The predicted octanol–water partition coefficient (Wildman–Crippen LogP) is 15.7. The molecule has 4 aliphatic rings. The zero-order valence-corrected chi connectivity index (χ0v) is 39.7. The van der Waals surface area contributed by atoms with Crippen molar-refractivity contribution < 1.29 is 0 Å². The van der Waals surface area contributed by atoms with E-state index in [1.54, 1.807) is 0 Å². The van der Waals surface area contributed by atoms with Crippen molar-refractivity contribution in [3.8, 4) is 56.3 Å². The predicted molar refractivity (Wildman–Crippen MR) is 305 cm³/mol. The second kappa shape index (κ2) is 17.8. The summed E-state index contributed by atoms with van der Waals surface area (Å²) >= 11 is 0. The van der Waals surface area contributed by atoms with Crippen molar-refractivity contribution in [1.82, 2.24) is 39.9 Å². The van der Waals surface area contributed by atoms with Gasteiger partial charge in [-0.1, -0.05) is 133 Å². The van der Waals surface area contributed by atoms with Gasteiger partial charge in [-0.05, 0) is 132 Å². The van der Waals surface area contributed by atoms with Crippen LogP contribution in [0.1, 0.15) is 56.7 Å². The normalized spacial score (nSPS) is 12.3. The fraction of sp³-hybridized carbons (Fsp3) is 0. The molecule has 0 atom stereocenters. The van der Waals surface area contributed by atoms with Crippen molar-refractivity contribution >= 4 is 92.7 Å². The number of nitrogens with one attached hydrogen (secondary N) is 4. The van der Waals surface area contributed by atoms with Crippen molar-refractivity contribution in [1.29, 1.82) is 0 Å². The first-order chi connectivity index (χ1) is 36.6. The third-order valence-corrected chi connectivity index (χ3v) is 13.7. The van der Waals surface area contributed by atoms with E-state index in [1.807, 2.05) is 24.3 Å². The van der Waals surface area contributed by atoms with Gasteiger partial charge in [0.2, 0.25) is 0 Å². The van der Waals surface area contributed by atoms with Gasteiger partial charge in [-0.15, -0.1) is 0 Å². The highest BCUT2D eigenvalue weighted by Gasteiger charge is 2.18. The molecule has 0 radical (unpaired) electrons. The van der Waals surface area contributed by atoms with Crippen LogP contribution in [0.15, 0.2) is 182 Å². The molecule has 8 nitrogen and oxygen atoms in total. The maximum absolute atomic E-state index is 5.45. The Bertz CT molecular complexity index is 4100. The molecule has 0 spiro atoms. The van der Waals surface area contributed by atoms with E-state index in [9.17, 15) is 0 Å². The summed E-state index contributed by atoms with van der Waals surface area (Å²) in [5, 5.41) is 0. The van der Waals surface area contributed by atoms with Gasteiger partial charge in [0.25, 0.3) is 0 Å². The molecule has 0 amide bonds. The number of H-pyrrole nitrogens is 4. The summed E-state index contributed by atoms with van der Waals surface area (Å²) in [6.45, 7) is 0. The first-order valence-electron chi connectivity index (χ1n) is 24.6. The molecule has 4 aliphatic heterocycles. The number of nitrogens with zero attached hydrogens (tertiary/aromatic N) is 4. The maximum atomic E-state index is 5.45. The molecular formula is C66H42N8. The molecule has 74 heavy (non-hydrogen) atoms. The summed E-state index contributed by atoms with van der Waals surface area (Å²) < 4.78 is 0. The highest BCUT2D eigenvalue weighted by Crippen LogP contribution is 2.36. The Morgan fingerprint density at radius 3 is 0.932 bits per heavy atom. The molecule has 14 rings (SSSR count). The third kappa shape index (κ3) is 7.78. The largest absolute Gasteiger partial charge is 0.355 e. The average Bonchev–Trinajstić information content (AvgIpc) is 4.29. The molecule has 6 aromatic heterocycles. The van der Waals surface area contributed by atoms with Crippen LogP contribution in [-0.4, -0.2) is 39.9 Å². The average molecular weight is 947 g/mol. The molecule has 0 fully saturated rings. The molecule has 0 unspecified atom stereocenters. The summed E-state index contributed by atoms with van der Waals surface area (Å²) in [4.78, 5) is 36.3. The lowest BCUT2D eigenvalue weighted by Crippen LogP contribution is -1.90. The summed E-state index contributed by atoms with van der Waals surface area (Å²) in [5.74, 6) is 7.45. The Balaban J connectivity index is 1.09. The number of aromatic nitrogens is 8. The van der Waals surface area contributed by atoms with Crippen molar-refractivity contribution in [2.24, 2.45) is 0 Å². The Labute approximate surface area is 425 Å². The standard InChI is InChI=1S/C66H42N8/c1-5-13-41(14-6-1)63-55-27-21-45(67-55)39-46-22-28-56(68-46)64(42-15-7-2-8-16-42)60-36-32-52(72-60)49(51-31-35-59(63)71-51)25-26-50-53-33-37-61(73-53)65(43-17-9-3-10-18-43)57-29-23-47(69-57)40-48-24-30-58(70-48)66(44-19-11-4-12-20-44)62-38-34-54(50)74-62/h1-24,27-40,67,69,72,74H. The van der Waals surface area contributed by atoms with E-state index in [-0.39, 0.29) is 0 Å². The fourth-order valence-corrected chi connectivity index (χ4v) is 10.3. The second-order valence-electron chi connectivity index (χ2n) is 18.4. The highest BCUT2D eigenvalue weighted by atomic mass is 14.8. The molecule has 8 heteroatoms. The minimum atomic E-state index is 0.723. The van der Waals surface area contributed by atoms with Crippen LogP contribution in [0.25, 0.3) is 137 Å². The van der Waals surface area contributed by atoms with Gasteiger partial charge < -0.3 is 19.9 Å². The molecule has 10 heterocycles. The van der Waals surface area contributed by atoms with Crippen molar-refractivity contribution in [2.45, 2.75) is 0 Å². The molecule has 4 aromatic carbocycles. The van der Waals surface area contributed by atoms with Gasteiger partial charge in [0, 0.05) is 55.4 Å². The van der Waals surface area contributed by atoms with E-state index in [4.69, 9.17) is 19.9 Å². The Morgan fingerprint density at radius 2 is 0.554 bits per heavy atom. The summed E-state index contributed by atoms with van der Waals surface area (Å²) in [5.41, 5.74) is 23.2. The first-order valence-corrected chi connectivity index (χ1v) is 24.6. The molecule has 0 saturated carbocycles. The minimum Gasteiger partial charge on any atom is -0.355 e. The Hall–Kier alpha value is -10.4. The van der Waals surface area contributed by atoms with Crippen molar-refractivity contribution in [2.75, 3.05) is 0 Å². The van der Waals surface area contributed by atoms with Crippen LogP contribution < -0.4 is 0 Å². The molecule has 0 saturated heterocycles. The third-order valence-electron chi connectivity index (χ3n) is 13.7. The number of aromatic amines is 4. The van der Waals surface area contributed by atoms with Gasteiger partial charge in [-0.25, -0.2) is 19.9 Å². The topological polar surface area (TPSA) is 115 Å². The van der Waals surface area contributed by atoms with Crippen LogP contribution in [0.3, 0.4) is 0 Å². The second-order valence-corrected chi connectivity index (χ2v) is 18.4. The maximum Gasteiger partial charge on any atom is 0.0815 e. The molecule has 0 aliphatic carbocycles. The van der Waals surface area contributed by atoms with Gasteiger partial charge in [0.15, 0.2) is 0 Å². The van der Waals surface area contributed by atoms with Gasteiger partial charge in [-0.2, -0.15) is 0 Å². The number of hydrogen-bond donors (Lipinski definition) is 4.